The molecule has 1 aliphatic heterocycles. The minimum absolute atomic E-state index is 0.0635. The Morgan fingerprint density at radius 1 is 1.00 bits per heavy atom. The molecule has 0 bridgehead atoms. The number of tetrazole rings is 1. The normalized spacial score (nSPS) is 15.8. The first-order chi connectivity index (χ1) is 13.8. The molecule has 9 heteroatoms. The Kier molecular flexibility index (Phi) is 3.21. The Bertz CT molecular complexity index is 1340. The highest BCUT2D eigenvalue weighted by Gasteiger charge is 2.30. The zero-order valence-electron chi connectivity index (χ0n) is 14.8. The highest BCUT2D eigenvalue weighted by molar-refractivity contribution is 7.99. The Hall–Kier alpha value is -3.46. The summed E-state index contributed by atoms with van der Waals surface area (Å²) in [4.78, 5) is 0. The fraction of sp³-hybridized carbons (Fsp3) is 0.105. The number of nitrogens with zero attached hydrogens (tertiary/aromatic N) is 7. The standard InChI is InChI=1S/C19H14N8S/c1-11-7-8-15-13(9-11)10-14(17-21-24-25-26(15)17)18-23-27-16(20-22-19(27)28-18)12-5-3-2-4-6-12/h2-10,18,23H,1H3. The second-order valence-corrected chi connectivity index (χ2v) is 7.78. The van der Waals surface area contributed by atoms with Gasteiger partial charge in [-0.25, -0.2) is 4.68 Å². The number of pyridine rings is 1. The van der Waals surface area contributed by atoms with Gasteiger partial charge >= 0.3 is 0 Å². The monoisotopic (exact) mass is 386 g/mol. The molecule has 0 aliphatic carbocycles. The van der Waals surface area contributed by atoms with Gasteiger partial charge in [0.15, 0.2) is 11.5 Å². The molecule has 0 amide bonds. The summed E-state index contributed by atoms with van der Waals surface area (Å²) in [6.07, 6.45) is 0. The quantitative estimate of drug-likeness (QED) is 0.499. The van der Waals surface area contributed by atoms with E-state index >= 15 is 0 Å². The number of rotatable bonds is 2. The highest BCUT2D eigenvalue weighted by Crippen LogP contribution is 2.42. The minimum Gasteiger partial charge on any atom is -0.304 e. The summed E-state index contributed by atoms with van der Waals surface area (Å²) in [5.74, 6) is 0.790. The van der Waals surface area contributed by atoms with Crippen LogP contribution in [0, 0.1) is 6.92 Å². The molecule has 8 nitrogen and oxygen atoms in total. The SMILES string of the molecule is Cc1ccc2c(c1)cc(C1Nn3c(nnc3-c3ccccc3)S1)c1nnnn12. The van der Waals surface area contributed by atoms with Crippen LogP contribution in [0.25, 0.3) is 27.9 Å². The lowest BCUT2D eigenvalue weighted by atomic mass is 10.1. The number of aromatic nitrogens is 7. The Morgan fingerprint density at radius 2 is 1.89 bits per heavy atom. The summed E-state index contributed by atoms with van der Waals surface area (Å²) in [6.45, 7) is 2.08. The minimum atomic E-state index is -0.0635. The topological polar surface area (TPSA) is 85.8 Å². The van der Waals surface area contributed by atoms with Gasteiger partial charge in [-0.2, -0.15) is 4.52 Å². The van der Waals surface area contributed by atoms with Crippen molar-refractivity contribution in [2.75, 3.05) is 5.43 Å². The van der Waals surface area contributed by atoms with Crippen molar-refractivity contribution in [3.63, 3.8) is 0 Å². The smallest absolute Gasteiger partial charge is 0.212 e. The van der Waals surface area contributed by atoms with Crippen molar-refractivity contribution in [3.8, 4) is 11.4 Å². The first kappa shape index (κ1) is 15.6. The predicted molar refractivity (Wildman–Crippen MR) is 106 cm³/mol. The third-order valence-corrected chi connectivity index (χ3v) is 5.94. The lowest BCUT2D eigenvalue weighted by molar-refractivity contribution is 0.792. The van der Waals surface area contributed by atoms with Crippen molar-refractivity contribution < 1.29 is 0 Å². The van der Waals surface area contributed by atoms with Crippen LogP contribution in [0.1, 0.15) is 16.5 Å². The predicted octanol–water partition coefficient (Wildman–Crippen LogP) is 3.19. The van der Waals surface area contributed by atoms with Gasteiger partial charge in [-0.15, -0.1) is 15.3 Å². The zero-order chi connectivity index (χ0) is 18.7. The van der Waals surface area contributed by atoms with E-state index in [9.17, 15) is 0 Å². The molecule has 0 radical (unpaired) electrons. The molecule has 4 heterocycles. The van der Waals surface area contributed by atoms with E-state index in [-0.39, 0.29) is 5.37 Å². The lowest BCUT2D eigenvalue weighted by Crippen LogP contribution is -2.15. The zero-order valence-corrected chi connectivity index (χ0v) is 15.6. The van der Waals surface area contributed by atoms with E-state index in [1.165, 1.54) is 5.56 Å². The Labute approximate surface area is 163 Å². The highest BCUT2D eigenvalue weighted by atomic mass is 32.2. The summed E-state index contributed by atoms with van der Waals surface area (Å²) in [7, 11) is 0. The van der Waals surface area contributed by atoms with Gasteiger partial charge in [0.2, 0.25) is 5.16 Å². The van der Waals surface area contributed by atoms with Crippen LogP contribution in [0.4, 0.5) is 0 Å². The number of hydrogen-bond acceptors (Lipinski definition) is 7. The van der Waals surface area contributed by atoms with E-state index in [1.54, 1.807) is 16.3 Å². The number of benzene rings is 2. The molecule has 5 aromatic rings. The van der Waals surface area contributed by atoms with Crippen molar-refractivity contribution in [2.45, 2.75) is 17.5 Å². The van der Waals surface area contributed by atoms with Crippen LogP contribution in [-0.2, 0) is 0 Å². The molecule has 0 fully saturated rings. The van der Waals surface area contributed by atoms with E-state index < -0.39 is 0 Å². The van der Waals surface area contributed by atoms with Crippen molar-refractivity contribution in [2.24, 2.45) is 0 Å². The van der Waals surface area contributed by atoms with Gasteiger partial charge in [0, 0.05) is 16.5 Å². The Morgan fingerprint density at radius 3 is 2.79 bits per heavy atom. The molecular formula is C19H14N8S. The van der Waals surface area contributed by atoms with Gasteiger partial charge < -0.3 is 5.43 Å². The number of fused-ring (bicyclic) bond motifs is 4. The van der Waals surface area contributed by atoms with Crippen LogP contribution < -0.4 is 5.43 Å². The fourth-order valence-corrected chi connectivity index (χ4v) is 4.56. The van der Waals surface area contributed by atoms with E-state index in [0.717, 1.165) is 38.7 Å². The summed E-state index contributed by atoms with van der Waals surface area (Å²) < 4.78 is 3.73. The van der Waals surface area contributed by atoms with Gasteiger partial charge in [0.25, 0.3) is 0 Å². The maximum absolute atomic E-state index is 4.35. The molecule has 28 heavy (non-hydrogen) atoms. The molecule has 1 unspecified atom stereocenters. The molecular weight excluding hydrogens is 372 g/mol. The Balaban J connectivity index is 1.47. The van der Waals surface area contributed by atoms with Crippen molar-refractivity contribution >= 4 is 28.3 Å². The molecule has 3 aromatic heterocycles. The third kappa shape index (κ3) is 2.23. The molecule has 0 saturated carbocycles. The van der Waals surface area contributed by atoms with Gasteiger partial charge in [-0.05, 0) is 35.5 Å². The van der Waals surface area contributed by atoms with Gasteiger partial charge in [0.05, 0.1) is 5.52 Å². The molecule has 1 aliphatic rings. The molecule has 1 N–H and O–H groups in total. The van der Waals surface area contributed by atoms with Crippen LogP contribution in [0.3, 0.4) is 0 Å². The molecule has 1 atom stereocenters. The van der Waals surface area contributed by atoms with E-state index in [4.69, 9.17) is 0 Å². The van der Waals surface area contributed by atoms with E-state index in [1.807, 2.05) is 35.0 Å². The summed E-state index contributed by atoms with van der Waals surface area (Å²) in [5, 5.41) is 22.9. The molecule has 136 valence electrons. The van der Waals surface area contributed by atoms with Crippen LogP contribution >= 0.6 is 11.8 Å². The largest absolute Gasteiger partial charge is 0.304 e. The summed E-state index contributed by atoms with van der Waals surface area (Å²) >= 11 is 1.61. The molecule has 2 aromatic carbocycles. The first-order valence-electron chi connectivity index (χ1n) is 8.83. The van der Waals surface area contributed by atoms with Gasteiger partial charge in [-0.1, -0.05) is 53.7 Å². The molecule has 0 spiro atoms. The van der Waals surface area contributed by atoms with Crippen LogP contribution in [0.2, 0.25) is 0 Å². The number of aryl methyl sites for hydroxylation is 1. The number of nitrogens with one attached hydrogen (secondary N) is 1. The lowest BCUT2D eigenvalue weighted by Gasteiger charge is -2.14. The maximum atomic E-state index is 4.35. The van der Waals surface area contributed by atoms with Crippen molar-refractivity contribution in [3.05, 3.63) is 65.7 Å². The van der Waals surface area contributed by atoms with E-state index in [0.29, 0.717) is 0 Å². The first-order valence-corrected chi connectivity index (χ1v) is 9.71. The fourth-order valence-electron chi connectivity index (χ4n) is 3.56. The number of hydrogen-bond donors (Lipinski definition) is 1. The van der Waals surface area contributed by atoms with Crippen molar-refractivity contribution in [1.82, 2.24) is 34.9 Å². The summed E-state index contributed by atoms with van der Waals surface area (Å²) in [5.41, 5.74) is 8.45. The molecule has 6 rings (SSSR count). The van der Waals surface area contributed by atoms with Gasteiger partial charge in [0.1, 0.15) is 5.37 Å². The van der Waals surface area contributed by atoms with Crippen LogP contribution in [0.5, 0.6) is 0 Å². The van der Waals surface area contributed by atoms with Gasteiger partial charge in [-0.3, -0.25) is 0 Å². The summed E-state index contributed by atoms with van der Waals surface area (Å²) in [6, 6.07) is 18.4. The number of thioether (sulfide) groups is 1. The maximum Gasteiger partial charge on any atom is 0.212 e. The molecule has 0 saturated heterocycles. The second kappa shape index (κ2) is 5.77. The second-order valence-electron chi connectivity index (χ2n) is 6.71. The third-order valence-electron chi connectivity index (χ3n) is 4.87. The van der Waals surface area contributed by atoms with Crippen LogP contribution in [-0.4, -0.2) is 34.9 Å². The van der Waals surface area contributed by atoms with Crippen molar-refractivity contribution in [1.29, 1.82) is 0 Å². The van der Waals surface area contributed by atoms with Crippen LogP contribution in [0.15, 0.2) is 59.8 Å². The average molecular weight is 386 g/mol. The average Bonchev–Trinajstić information content (AvgIpc) is 3.43. The van der Waals surface area contributed by atoms with E-state index in [2.05, 4.69) is 62.3 Å².